The topological polar surface area (TPSA) is 84.0 Å². The summed E-state index contributed by atoms with van der Waals surface area (Å²) in [7, 11) is -8.00. The number of sulfonamides is 2. The summed E-state index contributed by atoms with van der Waals surface area (Å²) >= 11 is 0. The second kappa shape index (κ2) is 12.6. The van der Waals surface area contributed by atoms with E-state index >= 15 is 0 Å². The van der Waals surface area contributed by atoms with E-state index in [1.165, 1.54) is 4.31 Å². The van der Waals surface area contributed by atoms with Gasteiger partial charge in [-0.15, -0.1) is 0 Å². The number of aryl methyl sites for hydroxylation is 2. The molecule has 0 amide bonds. The monoisotopic (exact) mass is 642 g/mol. The molecular weight excluding hydrogens is 605 g/mol. The summed E-state index contributed by atoms with van der Waals surface area (Å²) in [6, 6.07) is 31.2. The molecule has 6 rings (SSSR count). The number of benzene rings is 4. The molecular formula is C36H38N2O5S2. The first-order chi connectivity index (χ1) is 21.6. The maximum Gasteiger partial charge on any atom is 0.244 e. The predicted octanol–water partition coefficient (Wildman–Crippen LogP) is 6.93. The smallest absolute Gasteiger partial charge is 0.244 e. The maximum absolute atomic E-state index is 14.7. The number of hydrogen-bond donors (Lipinski definition) is 0. The van der Waals surface area contributed by atoms with E-state index < -0.39 is 38.2 Å². The van der Waals surface area contributed by atoms with Crippen LogP contribution in [0.5, 0.6) is 0 Å². The van der Waals surface area contributed by atoms with E-state index in [1.54, 1.807) is 46.8 Å². The lowest BCUT2D eigenvalue weighted by Crippen LogP contribution is -2.54. The highest BCUT2D eigenvalue weighted by atomic mass is 32.2. The van der Waals surface area contributed by atoms with E-state index in [1.807, 2.05) is 87.5 Å². The van der Waals surface area contributed by atoms with E-state index in [9.17, 15) is 16.8 Å². The summed E-state index contributed by atoms with van der Waals surface area (Å²) in [4.78, 5) is 0.418. The first-order valence-electron chi connectivity index (χ1n) is 15.2. The van der Waals surface area contributed by atoms with Gasteiger partial charge >= 0.3 is 0 Å². The zero-order valence-electron chi connectivity index (χ0n) is 25.7. The van der Waals surface area contributed by atoms with Gasteiger partial charge in [-0.3, -0.25) is 0 Å². The SMILES string of the molecule is CCOC1=C2CN(S(=O)(=O)c3ccc(C)cc3)[C@H](c3ccccc3)C[C@@H]2N(S(=O)(=O)c2cccc(C)c2)[C@H](c2ccccc2)C1. The highest BCUT2D eigenvalue weighted by Crippen LogP contribution is 2.49. The Balaban J connectivity index is 1.56. The van der Waals surface area contributed by atoms with Crippen molar-refractivity contribution in [2.24, 2.45) is 0 Å². The van der Waals surface area contributed by atoms with Crippen LogP contribution in [-0.4, -0.2) is 44.6 Å². The fourth-order valence-electron chi connectivity index (χ4n) is 6.57. The third-order valence-corrected chi connectivity index (χ3v) is 12.5. The van der Waals surface area contributed by atoms with Crippen LogP contribution in [0.2, 0.25) is 0 Å². The third kappa shape index (κ3) is 5.97. The summed E-state index contributed by atoms with van der Waals surface area (Å²) in [5.41, 5.74) is 4.15. The number of nitrogens with zero attached hydrogens (tertiary/aromatic N) is 2. The van der Waals surface area contributed by atoms with Gasteiger partial charge in [-0.05, 0) is 68.1 Å². The minimum absolute atomic E-state index is 0.0110. The van der Waals surface area contributed by atoms with Crippen LogP contribution in [0.3, 0.4) is 0 Å². The second-order valence-corrected chi connectivity index (χ2v) is 15.4. The molecule has 0 unspecified atom stereocenters. The highest BCUT2D eigenvalue weighted by Gasteiger charge is 2.51. The quantitative estimate of drug-likeness (QED) is 0.208. The Kier molecular flexibility index (Phi) is 8.72. The summed E-state index contributed by atoms with van der Waals surface area (Å²) in [5.74, 6) is 0.655. The van der Waals surface area contributed by atoms with E-state index in [-0.39, 0.29) is 22.8 Å². The van der Waals surface area contributed by atoms with Crippen molar-refractivity contribution in [2.75, 3.05) is 13.2 Å². The average molecular weight is 643 g/mol. The van der Waals surface area contributed by atoms with Crippen LogP contribution in [0, 0.1) is 13.8 Å². The minimum atomic E-state index is -4.03. The normalized spacial score (nSPS) is 21.4. The summed E-state index contributed by atoms with van der Waals surface area (Å²) in [6.45, 7) is 6.08. The molecule has 4 aromatic carbocycles. The van der Waals surface area contributed by atoms with Crippen molar-refractivity contribution < 1.29 is 21.6 Å². The molecule has 1 fully saturated rings. The van der Waals surface area contributed by atoms with Crippen molar-refractivity contribution in [3.63, 3.8) is 0 Å². The Bertz CT molecular complexity index is 1910. The maximum atomic E-state index is 14.7. The van der Waals surface area contributed by atoms with Crippen molar-refractivity contribution in [1.29, 1.82) is 0 Å². The van der Waals surface area contributed by atoms with Crippen molar-refractivity contribution in [1.82, 2.24) is 8.61 Å². The Morgan fingerprint density at radius 2 is 1.29 bits per heavy atom. The fourth-order valence-corrected chi connectivity index (χ4v) is 10.1. The number of hydrogen-bond acceptors (Lipinski definition) is 5. The van der Waals surface area contributed by atoms with Crippen LogP contribution < -0.4 is 0 Å². The molecule has 9 heteroatoms. The molecule has 4 aromatic rings. The molecule has 0 spiro atoms. The van der Waals surface area contributed by atoms with Gasteiger partial charge in [0.1, 0.15) is 0 Å². The molecule has 3 atom stereocenters. The zero-order chi connectivity index (χ0) is 31.8. The van der Waals surface area contributed by atoms with E-state index in [2.05, 4.69) is 0 Å². The first kappa shape index (κ1) is 31.2. The molecule has 7 nitrogen and oxygen atoms in total. The van der Waals surface area contributed by atoms with Crippen molar-refractivity contribution in [3.8, 4) is 0 Å². The average Bonchev–Trinajstić information content (AvgIpc) is 3.05. The molecule has 0 bridgehead atoms. The summed E-state index contributed by atoms with van der Waals surface area (Å²) in [5, 5.41) is 0. The lowest BCUT2D eigenvalue weighted by Gasteiger charge is -2.49. The molecule has 1 saturated heterocycles. The number of rotatable bonds is 8. The van der Waals surface area contributed by atoms with Gasteiger partial charge in [0.2, 0.25) is 20.0 Å². The van der Waals surface area contributed by atoms with Gasteiger partial charge in [-0.1, -0.05) is 90.5 Å². The van der Waals surface area contributed by atoms with Crippen LogP contribution in [-0.2, 0) is 24.8 Å². The molecule has 234 valence electrons. The van der Waals surface area contributed by atoms with Gasteiger partial charge in [-0.25, -0.2) is 16.8 Å². The highest BCUT2D eigenvalue weighted by molar-refractivity contribution is 7.89. The molecule has 2 aliphatic rings. The predicted molar refractivity (Wildman–Crippen MR) is 175 cm³/mol. The number of fused-ring (bicyclic) bond motifs is 1. The van der Waals surface area contributed by atoms with Crippen LogP contribution in [0.15, 0.2) is 130 Å². The van der Waals surface area contributed by atoms with E-state index in [0.29, 0.717) is 24.4 Å². The van der Waals surface area contributed by atoms with Crippen molar-refractivity contribution in [2.45, 2.75) is 61.5 Å². The first-order valence-corrected chi connectivity index (χ1v) is 18.1. The third-order valence-electron chi connectivity index (χ3n) is 8.75. The van der Waals surface area contributed by atoms with E-state index in [4.69, 9.17) is 4.74 Å². The van der Waals surface area contributed by atoms with Crippen molar-refractivity contribution in [3.05, 3.63) is 143 Å². The van der Waals surface area contributed by atoms with Crippen molar-refractivity contribution >= 4 is 20.0 Å². The molecule has 0 radical (unpaired) electrons. The molecule has 0 N–H and O–H groups in total. The molecule has 2 aliphatic heterocycles. The molecule has 2 heterocycles. The lowest BCUT2D eigenvalue weighted by atomic mass is 9.84. The van der Waals surface area contributed by atoms with Crippen LogP contribution in [0.4, 0.5) is 0 Å². The number of ether oxygens (including phenoxy) is 1. The van der Waals surface area contributed by atoms with Gasteiger partial charge < -0.3 is 4.74 Å². The number of piperidine rings is 1. The van der Waals surface area contributed by atoms with Crippen LogP contribution >= 0.6 is 0 Å². The molecule has 45 heavy (non-hydrogen) atoms. The summed E-state index contributed by atoms with van der Waals surface area (Å²) in [6.07, 6.45) is 0.526. The standard InChI is InChI=1S/C36H38N2O5S2/c1-4-43-36-24-34(29-15-9-6-10-16-29)38(45(41,42)31-17-11-12-27(3)22-31)35-23-33(28-13-7-5-8-14-28)37(25-32(35)36)44(39,40)30-20-18-26(2)19-21-30/h5-22,33-35H,4,23-25H2,1-3H3/t33-,34-,35-/m0/s1. The van der Waals surface area contributed by atoms with Gasteiger partial charge in [-0.2, -0.15) is 8.61 Å². The molecule has 0 aromatic heterocycles. The fraction of sp³-hybridized carbons (Fsp3) is 0.278. The van der Waals surface area contributed by atoms with Gasteiger partial charge in [0.05, 0.1) is 40.3 Å². The Labute approximate surface area is 266 Å². The zero-order valence-corrected chi connectivity index (χ0v) is 27.3. The Morgan fingerprint density at radius 1 is 0.667 bits per heavy atom. The Morgan fingerprint density at radius 3 is 1.89 bits per heavy atom. The van der Waals surface area contributed by atoms with Gasteiger partial charge in [0.15, 0.2) is 0 Å². The minimum Gasteiger partial charge on any atom is -0.498 e. The summed E-state index contributed by atoms with van der Waals surface area (Å²) < 4.78 is 67.6. The van der Waals surface area contributed by atoms with Crippen LogP contribution in [0.25, 0.3) is 0 Å². The largest absolute Gasteiger partial charge is 0.498 e. The molecule has 0 saturated carbocycles. The second-order valence-electron chi connectivity index (χ2n) is 11.7. The van der Waals surface area contributed by atoms with Gasteiger partial charge in [0, 0.05) is 18.5 Å². The van der Waals surface area contributed by atoms with E-state index in [0.717, 1.165) is 22.3 Å². The lowest BCUT2D eigenvalue weighted by molar-refractivity contribution is 0.118. The Hall–Kier alpha value is -3.76. The van der Waals surface area contributed by atoms with Gasteiger partial charge in [0.25, 0.3) is 0 Å². The molecule has 0 aliphatic carbocycles. The van der Waals surface area contributed by atoms with Crippen LogP contribution in [0.1, 0.15) is 54.1 Å².